The van der Waals surface area contributed by atoms with Crippen molar-refractivity contribution in [1.82, 2.24) is 5.32 Å². The maximum atomic E-state index is 3.65. The van der Waals surface area contributed by atoms with Gasteiger partial charge in [0.25, 0.3) is 0 Å². The minimum atomic E-state index is 0.836. The van der Waals surface area contributed by atoms with Gasteiger partial charge in [0.15, 0.2) is 0 Å². The van der Waals surface area contributed by atoms with Gasteiger partial charge in [0, 0.05) is 17.6 Å². The van der Waals surface area contributed by atoms with Crippen LogP contribution >= 0.6 is 15.9 Å². The predicted octanol–water partition coefficient (Wildman–Crippen LogP) is 3.28. The van der Waals surface area contributed by atoms with Gasteiger partial charge >= 0.3 is 0 Å². The zero-order chi connectivity index (χ0) is 12.1. The van der Waals surface area contributed by atoms with Gasteiger partial charge in [-0.1, -0.05) is 12.1 Å². The Bertz CT molecular complexity index is 354. The second kappa shape index (κ2) is 6.41. The number of hydrogen-bond acceptors (Lipinski definition) is 2. The molecule has 1 aromatic carbocycles. The summed E-state index contributed by atoms with van der Waals surface area (Å²) in [6.45, 7) is 3.53. The average molecular weight is 297 g/mol. The van der Waals surface area contributed by atoms with Crippen LogP contribution in [-0.4, -0.2) is 26.7 Å². The number of anilines is 1. The molecule has 0 saturated carbocycles. The second-order valence-corrected chi connectivity index (χ2v) is 5.65. The van der Waals surface area contributed by atoms with E-state index in [1.807, 2.05) is 7.05 Å². The lowest BCUT2D eigenvalue weighted by atomic mass is 9.94. The highest BCUT2D eigenvalue weighted by Gasteiger charge is 2.20. The van der Waals surface area contributed by atoms with Crippen LogP contribution in [0.5, 0.6) is 0 Å². The molecule has 1 aliphatic heterocycles. The highest BCUT2D eigenvalue weighted by atomic mass is 79.9. The number of halogens is 1. The van der Waals surface area contributed by atoms with Crippen molar-refractivity contribution in [2.75, 3.05) is 31.6 Å². The summed E-state index contributed by atoms with van der Waals surface area (Å²) in [6.07, 6.45) is 3.98. The molecule has 0 spiro atoms. The molecule has 0 amide bonds. The second-order valence-electron chi connectivity index (χ2n) is 4.80. The molecule has 1 atom stereocenters. The predicted molar refractivity (Wildman–Crippen MR) is 77.6 cm³/mol. The molecule has 3 heteroatoms. The Kier molecular flexibility index (Phi) is 4.86. The molecule has 0 radical (unpaired) electrons. The summed E-state index contributed by atoms with van der Waals surface area (Å²) in [5.41, 5.74) is 1.35. The van der Waals surface area contributed by atoms with Crippen molar-refractivity contribution >= 4 is 21.6 Å². The molecule has 0 bridgehead atoms. The molecule has 1 aromatic rings. The Morgan fingerprint density at radius 3 is 3.00 bits per heavy atom. The van der Waals surface area contributed by atoms with Crippen LogP contribution in [0.25, 0.3) is 0 Å². The van der Waals surface area contributed by atoms with Gasteiger partial charge in [-0.2, -0.15) is 0 Å². The average Bonchev–Trinajstić information content (AvgIpc) is 2.37. The fraction of sp³-hybridized carbons (Fsp3) is 0.571. The lowest BCUT2D eigenvalue weighted by molar-refractivity contribution is 0.387. The van der Waals surface area contributed by atoms with Gasteiger partial charge in [-0.05, 0) is 66.8 Å². The first-order valence-electron chi connectivity index (χ1n) is 6.45. The van der Waals surface area contributed by atoms with Crippen LogP contribution in [0.3, 0.4) is 0 Å². The molecule has 1 fully saturated rings. The topological polar surface area (TPSA) is 15.3 Å². The molecule has 0 aromatic heterocycles. The molecule has 0 aliphatic carbocycles. The number of benzene rings is 1. The van der Waals surface area contributed by atoms with Gasteiger partial charge < -0.3 is 10.2 Å². The maximum absolute atomic E-state index is 3.65. The Morgan fingerprint density at radius 1 is 1.41 bits per heavy atom. The van der Waals surface area contributed by atoms with Gasteiger partial charge in [-0.25, -0.2) is 0 Å². The SMILES string of the molecule is CNCCC1CCCN(c2ccccc2Br)C1. The third kappa shape index (κ3) is 3.46. The molecule has 1 N–H and O–H groups in total. The van der Waals surface area contributed by atoms with E-state index in [4.69, 9.17) is 0 Å². The van der Waals surface area contributed by atoms with Crippen LogP contribution in [0.15, 0.2) is 28.7 Å². The molecule has 2 nitrogen and oxygen atoms in total. The molecule has 1 heterocycles. The quantitative estimate of drug-likeness (QED) is 0.917. The monoisotopic (exact) mass is 296 g/mol. The van der Waals surface area contributed by atoms with Crippen molar-refractivity contribution in [1.29, 1.82) is 0 Å². The van der Waals surface area contributed by atoms with E-state index in [0.29, 0.717) is 0 Å². The van der Waals surface area contributed by atoms with E-state index in [1.54, 1.807) is 0 Å². The summed E-state index contributed by atoms with van der Waals surface area (Å²) < 4.78 is 1.22. The Morgan fingerprint density at radius 2 is 2.24 bits per heavy atom. The van der Waals surface area contributed by atoms with E-state index in [1.165, 1.54) is 42.5 Å². The van der Waals surface area contributed by atoms with Crippen LogP contribution in [0.1, 0.15) is 19.3 Å². The van der Waals surface area contributed by atoms with Crippen molar-refractivity contribution in [2.45, 2.75) is 19.3 Å². The van der Waals surface area contributed by atoms with E-state index in [0.717, 1.165) is 12.5 Å². The van der Waals surface area contributed by atoms with Gasteiger partial charge in [-0.3, -0.25) is 0 Å². The molecule has 1 unspecified atom stereocenters. The smallest absolute Gasteiger partial charge is 0.0510 e. The normalized spacial score (nSPS) is 20.6. The number of nitrogens with one attached hydrogen (secondary N) is 1. The lowest BCUT2D eigenvalue weighted by Crippen LogP contribution is -2.36. The van der Waals surface area contributed by atoms with Crippen LogP contribution in [0.4, 0.5) is 5.69 Å². The molecule has 17 heavy (non-hydrogen) atoms. The Hall–Kier alpha value is -0.540. The minimum Gasteiger partial charge on any atom is -0.370 e. The van der Waals surface area contributed by atoms with Crippen molar-refractivity contribution in [3.05, 3.63) is 28.7 Å². The first-order valence-corrected chi connectivity index (χ1v) is 7.24. The van der Waals surface area contributed by atoms with Crippen molar-refractivity contribution in [2.24, 2.45) is 5.92 Å². The third-order valence-electron chi connectivity index (χ3n) is 3.51. The molecule has 94 valence electrons. The number of nitrogens with zero attached hydrogens (tertiary/aromatic N) is 1. The summed E-state index contributed by atoms with van der Waals surface area (Å²) >= 11 is 3.65. The molecular formula is C14H21BrN2. The standard InChI is InChI=1S/C14H21BrN2/c1-16-9-8-12-5-4-10-17(11-12)14-7-3-2-6-13(14)15/h2-3,6-7,12,16H,4-5,8-11H2,1H3. The molecule has 1 saturated heterocycles. The van der Waals surface area contributed by atoms with Gasteiger partial charge in [-0.15, -0.1) is 0 Å². The fourth-order valence-corrected chi connectivity index (χ4v) is 3.11. The summed E-state index contributed by atoms with van der Waals surface area (Å²) in [5, 5.41) is 3.25. The number of hydrogen-bond donors (Lipinski definition) is 1. The number of rotatable bonds is 4. The first-order chi connectivity index (χ1) is 8.31. The van der Waals surface area contributed by atoms with Crippen LogP contribution < -0.4 is 10.2 Å². The van der Waals surface area contributed by atoms with Crippen molar-refractivity contribution in [3.8, 4) is 0 Å². The Labute approximate surface area is 113 Å². The highest BCUT2D eigenvalue weighted by Crippen LogP contribution is 2.30. The summed E-state index contributed by atoms with van der Waals surface area (Å²) in [7, 11) is 2.04. The largest absolute Gasteiger partial charge is 0.370 e. The van der Waals surface area contributed by atoms with Crippen molar-refractivity contribution < 1.29 is 0 Å². The fourth-order valence-electron chi connectivity index (χ4n) is 2.58. The number of piperidine rings is 1. The van der Waals surface area contributed by atoms with Gasteiger partial charge in [0.2, 0.25) is 0 Å². The van der Waals surface area contributed by atoms with E-state index < -0.39 is 0 Å². The van der Waals surface area contributed by atoms with E-state index >= 15 is 0 Å². The Balaban J connectivity index is 1.99. The van der Waals surface area contributed by atoms with Crippen LogP contribution in [-0.2, 0) is 0 Å². The van der Waals surface area contributed by atoms with Gasteiger partial charge in [0.05, 0.1) is 5.69 Å². The summed E-state index contributed by atoms with van der Waals surface area (Å²) in [5.74, 6) is 0.836. The zero-order valence-electron chi connectivity index (χ0n) is 10.5. The van der Waals surface area contributed by atoms with Gasteiger partial charge in [0.1, 0.15) is 0 Å². The van der Waals surface area contributed by atoms with E-state index in [9.17, 15) is 0 Å². The van der Waals surface area contributed by atoms with Crippen molar-refractivity contribution in [3.63, 3.8) is 0 Å². The first kappa shape index (κ1) is 12.9. The van der Waals surface area contributed by atoms with E-state index in [2.05, 4.69) is 50.4 Å². The zero-order valence-corrected chi connectivity index (χ0v) is 12.0. The number of para-hydroxylation sites is 1. The molecular weight excluding hydrogens is 276 g/mol. The minimum absolute atomic E-state index is 0.836. The summed E-state index contributed by atoms with van der Waals surface area (Å²) in [4.78, 5) is 2.52. The highest BCUT2D eigenvalue weighted by molar-refractivity contribution is 9.10. The van der Waals surface area contributed by atoms with Crippen LogP contribution in [0, 0.1) is 5.92 Å². The third-order valence-corrected chi connectivity index (χ3v) is 4.19. The van der Waals surface area contributed by atoms with Crippen LogP contribution in [0.2, 0.25) is 0 Å². The summed E-state index contributed by atoms with van der Waals surface area (Å²) in [6, 6.07) is 8.55. The molecule has 1 aliphatic rings. The maximum Gasteiger partial charge on any atom is 0.0510 e. The lowest BCUT2D eigenvalue weighted by Gasteiger charge is -2.35. The molecule has 2 rings (SSSR count). The van der Waals surface area contributed by atoms with E-state index in [-0.39, 0.29) is 0 Å².